The summed E-state index contributed by atoms with van der Waals surface area (Å²) in [5.41, 5.74) is 1.19. The Balaban J connectivity index is 2.04. The molecule has 15 heavy (non-hydrogen) atoms. The van der Waals surface area contributed by atoms with Gasteiger partial charge in [0.1, 0.15) is 0 Å². The van der Waals surface area contributed by atoms with Gasteiger partial charge in [0, 0.05) is 39.2 Å². The highest BCUT2D eigenvalue weighted by Gasteiger charge is 1.95. The van der Waals surface area contributed by atoms with Crippen LogP contribution < -0.4 is 10.6 Å². The monoisotopic (exact) mass is 227 g/mol. The zero-order valence-corrected chi connectivity index (χ0v) is 9.69. The lowest BCUT2D eigenvalue weighted by atomic mass is 10.3. The second-order valence-corrected chi connectivity index (χ2v) is 3.58. The second-order valence-electron chi connectivity index (χ2n) is 3.18. The number of hydrogen-bond acceptors (Lipinski definition) is 2. The van der Waals surface area contributed by atoms with Gasteiger partial charge in [-0.15, -0.1) is 0 Å². The average molecular weight is 227 g/mol. The third-order valence-corrected chi connectivity index (χ3v) is 2.21. The molecule has 0 unspecified atom stereocenters. The number of aromatic amines is 1. The third kappa shape index (κ3) is 5.39. The molecule has 0 fully saturated rings. The van der Waals surface area contributed by atoms with Crippen LogP contribution in [0.3, 0.4) is 0 Å². The molecule has 1 aromatic rings. The minimum atomic E-state index is 0.687. The molecule has 0 saturated carbocycles. The number of aromatic nitrogens is 1. The summed E-state index contributed by atoms with van der Waals surface area (Å²) in [5, 5.41) is 6.92. The standard InChI is InChI=1S/C10H17N3OS/c1-14-6-2-4-12-10(15)13-8-9-3-5-11-7-9/h3,5,7,11H,2,4,6,8H2,1H3,(H2,12,13,15). The molecule has 4 nitrogen and oxygen atoms in total. The third-order valence-electron chi connectivity index (χ3n) is 1.93. The van der Waals surface area contributed by atoms with E-state index >= 15 is 0 Å². The van der Waals surface area contributed by atoms with Gasteiger partial charge < -0.3 is 20.4 Å². The summed E-state index contributed by atoms with van der Waals surface area (Å²) >= 11 is 5.10. The maximum Gasteiger partial charge on any atom is 0.166 e. The summed E-state index contributed by atoms with van der Waals surface area (Å²) in [6, 6.07) is 2.01. The van der Waals surface area contributed by atoms with E-state index in [1.165, 1.54) is 5.56 Å². The Morgan fingerprint density at radius 3 is 3.07 bits per heavy atom. The van der Waals surface area contributed by atoms with Crippen LogP contribution in [0.25, 0.3) is 0 Å². The molecule has 5 heteroatoms. The van der Waals surface area contributed by atoms with E-state index in [1.807, 2.05) is 18.5 Å². The van der Waals surface area contributed by atoms with Crippen molar-refractivity contribution in [3.8, 4) is 0 Å². The lowest BCUT2D eigenvalue weighted by Gasteiger charge is -2.09. The first-order chi connectivity index (χ1) is 7.33. The number of ether oxygens (including phenoxy) is 1. The maximum atomic E-state index is 5.10. The van der Waals surface area contributed by atoms with Gasteiger partial charge in [0.25, 0.3) is 0 Å². The Labute approximate surface area is 95.4 Å². The fourth-order valence-electron chi connectivity index (χ4n) is 1.13. The highest BCUT2D eigenvalue weighted by atomic mass is 32.1. The molecule has 0 spiro atoms. The summed E-state index contributed by atoms with van der Waals surface area (Å²) < 4.78 is 4.93. The molecular weight excluding hydrogens is 210 g/mol. The maximum absolute atomic E-state index is 5.10. The molecule has 0 bridgehead atoms. The molecular formula is C10H17N3OS. The fraction of sp³-hybridized carbons (Fsp3) is 0.500. The van der Waals surface area contributed by atoms with Crippen molar-refractivity contribution in [2.45, 2.75) is 13.0 Å². The topological polar surface area (TPSA) is 49.1 Å². The largest absolute Gasteiger partial charge is 0.385 e. The van der Waals surface area contributed by atoms with Gasteiger partial charge in [0.05, 0.1) is 0 Å². The Kier molecular flexibility index (Phi) is 5.80. The van der Waals surface area contributed by atoms with Gasteiger partial charge in [0.15, 0.2) is 5.11 Å². The van der Waals surface area contributed by atoms with E-state index in [1.54, 1.807) is 7.11 Å². The average Bonchev–Trinajstić information content (AvgIpc) is 2.74. The van der Waals surface area contributed by atoms with Crippen LogP contribution in [0.5, 0.6) is 0 Å². The van der Waals surface area contributed by atoms with E-state index in [0.717, 1.165) is 26.1 Å². The van der Waals surface area contributed by atoms with E-state index in [9.17, 15) is 0 Å². The molecule has 1 rings (SSSR count). The molecule has 0 amide bonds. The molecule has 0 aromatic carbocycles. The van der Waals surface area contributed by atoms with Gasteiger partial charge in [-0.2, -0.15) is 0 Å². The predicted octanol–water partition coefficient (Wildman–Crippen LogP) is 1.02. The molecule has 0 aliphatic rings. The van der Waals surface area contributed by atoms with Crippen LogP contribution in [0.4, 0.5) is 0 Å². The Morgan fingerprint density at radius 2 is 2.40 bits per heavy atom. The first-order valence-corrected chi connectivity index (χ1v) is 5.36. The first kappa shape index (κ1) is 12.0. The zero-order valence-electron chi connectivity index (χ0n) is 8.88. The van der Waals surface area contributed by atoms with Crippen LogP contribution in [0.1, 0.15) is 12.0 Å². The minimum Gasteiger partial charge on any atom is -0.385 e. The number of hydrogen-bond donors (Lipinski definition) is 3. The van der Waals surface area contributed by atoms with Crippen molar-refractivity contribution in [2.24, 2.45) is 0 Å². The predicted molar refractivity (Wildman–Crippen MR) is 64.7 cm³/mol. The summed E-state index contributed by atoms with van der Waals surface area (Å²) in [5.74, 6) is 0. The van der Waals surface area contributed by atoms with Crippen molar-refractivity contribution in [2.75, 3.05) is 20.3 Å². The number of rotatable bonds is 6. The second kappa shape index (κ2) is 7.25. The summed E-state index contributed by atoms with van der Waals surface area (Å²) in [7, 11) is 1.70. The smallest absolute Gasteiger partial charge is 0.166 e. The molecule has 0 radical (unpaired) electrons. The highest BCUT2D eigenvalue weighted by Crippen LogP contribution is 1.94. The van der Waals surface area contributed by atoms with E-state index in [0.29, 0.717) is 5.11 Å². The molecule has 0 atom stereocenters. The van der Waals surface area contributed by atoms with E-state index in [4.69, 9.17) is 17.0 Å². The van der Waals surface area contributed by atoms with Gasteiger partial charge in [0.2, 0.25) is 0 Å². The van der Waals surface area contributed by atoms with Gasteiger partial charge in [-0.05, 0) is 30.3 Å². The Morgan fingerprint density at radius 1 is 1.53 bits per heavy atom. The number of nitrogens with one attached hydrogen (secondary N) is 3. The van der Waals surface area contributed by atoms with E-state index in [2.05, 4.69) is 15.6 Å². The van der Waals surface area contributed by atoms with Crippen LogP contribution in [-0.4, -0.2) is 30.4 Å². The van der Waals surface area contributed by atoms with Gasteiger partial charge >= 0.3 is 0 Å². The Hall–Kier alpha value is -1.07. The molecule has 0 aliphatic carbocycles. The van der Waals surface area contributed by atoms with Crippen molar-refractivity contribution < 1.29 is 4.74 Å². The van der Waals surface area contributed by atoms with Crippen molar-refractivity contribution >= 4 is 17.3 Å². The van der Waals surface area contributed by atoms with Crippen LogP contribution in [-0.2, 0) is 11.3 Å². The van der Waals surface area contributed by atoms with Crippen molar-refractivity contribution in [3.63, 3.8) is 0 Å². The van der Waals surface area contributed by atoms with Gasteiger partial charge in [-0.1, -0.05) is 0 Å². The summed E-state index contributed by atoms with van der Waals surface area (Å²) in [6.07, 6.45) is 4.80. The van der Waals surface area contributed by atoms with E-state index in [-0.39, 0.29) is 0 Å². The van der Waals surface area contributed by atoms with Crippen molar-refractivity contribution in [1.82, 2.24) is 15.6 Å². The molecule has 3 N–H and O–H groups in total. The highest BCUT2D eigenvalue weighted by molar-refractivity contribution is 7.80. The van der Waals surface area contributed by atoms with Crippen LogP contribution in [0.2, 0.25) is 0 Å². The van der Waals surface area contributed by atoms with Crippen LogP contribution in [0, 0.1) is 0 Å². The van der Waals surface area contributed by atoms with Crippen molar-refractivity contribution in [3.05, 3.63) is 24.0 Å². The molecule has 0 saturated heterocycles. The molecule has 1 aromatic heterocycles. The minimum absolute atomic E-state index is 0.687. The van der Waals surface area contributed by atoms with Crippen LogP contribution in [0.15, 0.2) is 18.5 Å². The number of thiocarbonyl (C=S) groups is 1. The fourth-order valence-corrected chi connectivity index (χ4v) is 1.31. The normalized spacial score (nSPS) is 9.93. The quantitative estimate of drug-likeness (QED) is 0.501. The lowest BCUT2D eigenvalue weighted by molar-refractivity contribution is 0.195. The lowest BCUT2D eigenvalue weighted by Crippen LogP contribution is -2.35. The van der Waals surface area contributed by atoms with E-state index < -0.39 is 0 Å². The molecule has 1 heterocycles. The van der Waals surface area contributed by atoms with Crippen molar-refractivity contribution in [1.29, 1.82) is 0 Å². The van der Waals surface area contributed by atoms with Gasteiger partial charge in [-0.3, -0.25) is 0 Å². The summed E-state index contributed by atoms with van der Waals surface area (Å²) in [4.78, 5) is 2.99. The van der Waals surface area contributed by atoms with Gasteiger partial charge in [-0.25, -0.2) is 0 Å². The summed E-state index contributed by atoms with van der Waals surface area (Å²) in [6.45, 7) is 2.35. The molecule has 84 valence electrons. The number of methoxy groups -OCH3 is 1. The number of H-pyrrole nitrogens is 1. The Bertz CT molecular complexity index is 274. The van der Waals surface area contributed by atoms with Crippen LogP contribution >= 0.6 is 12.2 Å². The SMILES string of the molecule is COCCCNC(=S)NCc1cc[nH]c1. The zero-order chi connectivity index (χ0) is 10.9. The molecule has 0 aliphatic heterocycles. The first-order valence-electron chi connectivity index (χ1n) is 4.95.